The van der Waals surface area contributed by atoms with E-state index in [9.17, 15) is 4.79 Å². The van der Waals surface area contributed by atoms with Gasteiger partial charge in [0.1, 0.15) is 5.82 Å². The molecule has 2 rings (SSSR count). The Morgan fingerprint density at radius 1 is 1.69 bits per heavy atom. The van der Waals surface area contributed by atoms with E-state index in [2.05, 4.69) is 14.7 Å². The topological polar surface area (TPSA) is 58.1 Å². The number of hydrogen-bond acceptors (Lipinski definition) is 5. The molecule has 1 unspecified atom stereocenters. The Balaban J connectivity index is 1.87. The highest BCUT2D eigenvalue weighted by Crippen LogP contribution is 2.17. The standard InChI is InChI=1S/C10H16N4OS/c1-3-9(15)14-5-4-8(6-14)12-10-11-7(2)13-16-10/h8H,3-6H2,1-2H3,(H,11,12,13). The molecule has 2 heterocycles. The molecule has 1 atom stereocenters. The zero-order valence-corrected chi connectivity index (χ0v) is 10.4. The summed E-state index contributed by atoms with van der Waals surface area (Å²) in [5, 5.41) is 4.18. The van der Waals surface area contributed by atoms with E-state index in [0.717, 1.165) is 30.5 Å². The zero-order chi connectivity index (χ0) is 11.5. The number of amides is 1. The third kappa shape index (κ3) is 2.49. The normalized spacial score (nSPS) is 20.1. The van der Waals surface area contributed by atoms with Gasteiger partial charge in [-0.1, -0.05) is 6.92 Å². The molecule has 0 radical (unpaired) electrons. The molecule has 1 aliphatic rings. The molecule has 1 aromatic rings. The summed E-state index contributed by atoms with van der Waals surface area (Å²) in [6.45, 7) is 5.41. The third-order valence-electron chi connectivity index (χ3n) is 2.70. The predicted molar refractivity (Wildman–Crippen MR) is 63.5 cm³/mol. The smallest absolute Gasteiger partial charge is 0.222 e. The van der Waals surface area contributed by atoms with E-state index in [1.54, 1.807) is 0 Å². The number of carbonyl (C=O) groups is 1. The first kappa shape index (κ1) is 11.3. The average Bonchev–Trinajstić information content (AvgIpc) is 2.87. The number of aryl methyl sites for hydroxylation is 1. The summed E-state index contributed by atoms with van der Waals surface area (Å²) in [6, 6.07) is 0.322. The number of likely N-dealkylation sites (tertiary alicyclic amines) is 1. The van der Waals surface area contributed by atoms with Gasteiger partial charge >= 0.3 is 0 Å². The molecule has 1 aliphatic heterocycles. The lowest BCUT2D eigenvalue weighted by molar-refractivity contribution is -0.129. The quantitative estimate of drug-likeness (QED) is 0.864. The van der Waals surface area contributed by atoms with Crippen LogP contribution in [-0.4, -0.2) is 39.3 Å². The summed E-state index contributed by atoms with van der Waals surface area (Å²) in [5.74, 6) is 1.03. The van der Waals surface area contributed by atoms with Crippen LogP contribution in [0.15, 0.2) is 0 Å². The van der Waals surface area contributed by atoms with Crippen LogP contribution in [-0.2, 0) is 4.79 Å². The fraction of sp³-hybridized carbons (Fsp3) is 0.700. The first-order valence-electron chi connectivity index (χ1n) is 5.53. The van der Waals surface area contributed by atoms with Crippen LogP contribution in [0.2, 0.25) is 0 Å². The molecule has 1 amide bonds. The lowest BCUT2D eigenvalue weighted by Crippen LogP contribution is -2.30. The van der Waals surface area contributed by atoms with Gasteiger partial charge in [-0.3, -0.25) is 4.79 Å². The van der Waals surface area contributed by atoms with Gasteiger partial charge in [0.15, 0.2) is 0 Å². The zero-order valence-electron chi connectivity index (χ0n) is 9.56. The van der Waals surface area contributed by atoms with Crippen molar-refractivity contribution in [3.63, 3.8) is 0 Å². The Morgan fingerprint density at radius 3 is 3.12 bits per heavy atom. The fourth-order valence-corrected chi connectivity index (χ4v) is 2.51. The van der Waals surface area contributed by atoms with Crippen molar-refractivity contribution in [2.75, 3.05) is 18.4 Å². The lowest BCUT2D eigenvalue weighted by atomic mass is 10.3. The molecular formula is C10H16N4OS. The number of hydrogen-bond donors (Lipinski definition) is 1. The molecule has 0 bridgehead atoms. The molecule has 1 saturated heterocycles. The molecule has 0 aliphatic carbocycles. The minimum absolute atomic E-state index is 0.234. The van der Waals surface area contributed by atoms with E-state index in [1.165, 1.54) is 11.5 Å². The van der Waals surface area contributed by atoms with Crippen LogP contribution < -0.4 is 5.32 Å². The number of aromatic nitrogens is 2. The van der Waals surface area contributed by atoms with Crippen molar-refractivity contribution in [3.05, 3.63) is 5.82 Å². The maximum Gasteiger partial charge on any atom is 0.222 e. The van der Waals surface area contributed by atoms with Crippen molar-refractivity contribution in [1.82, 2.24) is 14.3 Å². The second-order valence-corrected chi connectivity index (χ2v) is 4.72. The second-order valence-electron chi connectivity index (χ2n) is 3.97. The summed E-state index contributed by atoms with van der Waals surface area (Å²) in [4.78, 5) is 17.7. The average molecular weight is 240 g/mol. The van der Waals surface area contributed by atoms with Crippen LogP contribution in [0.1, 0.15) is 25.6 Å². The van der Waals surface area contributed by atoms with Gasteiger partial charge in [-0.15, -0.1) is 0 Å². The molecule has 1 aromatic heterocycles. The molecule has 16 heavy (non-hydrogen) atoms. The first-order valence-corrected chi connectivity index (χ1v) is 6.31. The highest BCUT2D eigenvalue weighted by Gasteiger charge is 2.25. The van der Waals surface area contributed by atoms with Gasteiger partial charge in [-0.05, 0) is 13.3 Å². The highest BCUT2D eigenvalue weighted by molar-refractivity contribution is 7.09. The van der Waals surface area contributed by atoms with E-state index in [-0.39, 0.29) is 5.91 Å². The van der Waals surface area contributed by atoms with Crippen molar-refractivity contribution in [2.45, 2.75) is 32.7 Å². The molecular weight excluding hydrogens is 224 g/mol. The summed E-state index contributed by atoms with van der Waals surface area (Å²) in [7, 11) is 0. The SMILES string of the molecule is CCC(=O)N1CCC(Nc2nc(C)ns2)C1. The summed E-state index contributed by atoms with van der Waals surface area (Å²) >= 11 is 1.38. The minimum atomic E-state index is 0.234. The molecule has 0 aromatic carbocycles. The van der Waals surface area contributed by atoms with Crippen molar-refractivity contribution < 1.29 is 4.79 Å². The van der Waals surface area contributed by atoms with E-state index < -0.39 is 0 Å². The van der Waals surface area contributed by atoms with Crippen LogP contribution in [0.5, 0.6) is 0 Å². The van der Waals surface area contributed by atoms with Gasteiger partial charge < -0.3 is 10.2 Å². The maximum absolute atomic E-state index is 11.5. The van der Waals surface area contributed by atoms with Gasteiger partial charge in [0.05, 0.1) is 0 Å². The van der Waals surface area contributed by atoms with Gasteiger partial charge in [0.2, 0.25) is 11.0 Å². The third-order valence-corrected chi connectivity index (χ3v) is 3.44. The molecule has 0 spiro atoms. The van der Waals surface area contributed by atoms with Crippen molar-refractivity contribution in [2.24, 2.45) is 0 Å². The van der Waals surface area contributed by atoms with Crippen molar-refractivity contribution >= 4 is 22.6 Å². The van der Waals surface area contributed by atoms with Crippen molar-refractivity contribution in [3.8, 4) is 0 Å². The molecule has 5 nitrogen and oxygen atoms in total. The van der Waals surface area contributed by atoms with Crippen LogP contribution in [0.4, 0.5) is 5.13 Å². The van der Waals surface area contributed by atoms with Crippen LogP contribution in [0, 0.1) is 6.92 Å². The van der Waals surface area contributed by atoms with E-state index in [4.69, 9.17) is 0 Å². The van der Waals surface area contributed by atoms with E-state index >= 15 is 0 Å². The van der Waals surface area contributed by atoms with Crippen LogP contribution in [0.25, 0.3) is 0 Å². The first-order chi connectivity index (χ1) is 7.69. The predicted octanol–water partition coefficient (Wildman–Crippen LogP) is 1.27. The van der Waals surface area contributed by atoms with E-state index in [0.29, 0.717) is 12.5 Å². The summed E-state index contributed by atoms with van der Waals surface area (Å²) in [6.07, 6.45) is 1.58. The molecule has 6 heteroatoms. The molecule has 88 valence electrons. The number of nitrogens with zero attached hydrogens (tertiary/aromatic N) is 3. The Morgan fingerprint density at radius 2 is 2.50 bits per heavy atom. The number of nitrogens with one attached hydrogen (secondary N) is 1. The van der Waals surface area contributed by atoms with Gasteiger partial charge in [0.25, 0.3) is 0 Å². The van der Waals surface area contributed by atoms with Gasteiger partial charge in [-0.2, -0.15) is 4.37 Å². The van der Waals surface area contributed by atoms with E-state index in [1.807, 2.05) is 18.7 Å². The Bertz CT molecular complexity index is 379. The maximum atomic E-state index is 11.5. The number of rotatable bonds is 3. The second kappa shape index (κ2) is 4.78. The lowest BCUT2D eigenvalue weighted by Gasteiger charge is -2.15. The summed E-state index contributed by atoms with van der Waals surface area (Å²) < 4.78 is 4.12. The monoisotopic (exact) mass is 240 g/mol. The molecule has 0 saturated carbocycles. The Kier molecular flexibility index (Phi) is 3.38. The highest BCUT2D eigenvalue weighted by atomic mass is 32.1. The Labute approximate surface area is 99.0 Å². The molecule has 1 N–H and O–H groups in total. The largest absolute Gasteiger partial charge is 0.356 e. The number of anilines is 1. The summed E-state index contributed by atoms with van der Waals surface area (Å²) in [5.41, 5.74) is 0. The van der Waals surface area contributed by atoms with Crippen LogP contribution >= 0.6 is 11.5 Å². The Hall–Kier alpha value is -1.17. The fourth-order valence-electron chi connectivity index (χ4n) is 1.86. The minimum Gasteiger partial charge on any atom is -0.356 e. The van der Waals surface area contributed by atoms with Gasteiger partial charge in [-0.25, -0.2) is 4.98 Å². The van der Waals surface area contributed by atoms with Crippen molar-refractivity contribution in [1.29, 1.82) is 0 Å². The molecule has 1 fully saturated rings. The van der Waals surface area contributed by atoms with Gasteiger partial charge in [0, 0.05) is 37.1 Å². The van der Waals surface area contributed by atoms with Crippen LogP contribution in [0.3, 0.4) is 0 Å². The number of carbonyl (C=O) groups excluding carboxylic acids is 1.